The van der Waals surface area contributed by atoms with E-state index in [1.807, 2.05) is 11.8 Å². The average Bonchev–Trinajstić information content (AvgIpc) is 2.90. The summed E-state index contributed by atoms with van der Waals surface area (Å²) in [5, 5.41) is 0. The lowest BCUT2D eigenvalue weighted by molar-refractivity contribution is 0.284. The average molecular weight is 276 g/mol. The highest BCUT2D eigenvalue weighted by molar-refractivity contribution is 7.99. The van der Waals surface area contributed by atoms with Gasteiger partial charge in [0.1, 0.15) is 0 Å². The number of benzene rings is 1. The van der Waals surface area contributed by atoms with Gasteiger partial charge in [0, 0.05) is 22.6 Å². The van der Waals surface area contributed by atoms with Crippen molar-refractivity contribution in [2.24, 2.45) is 11.8 Å². The molecule has 0 bridgehead atoms. The third kappa shape index (κ3) is 2.99. The van der Waals surface area contributed by atoms with E-state index >= 15 is 0 Å². The maximum absolute atomic E-state index is 5.87. The molecular formula is C16H24N2S. The lowest BCUT2D eigenvalue weighted by Crippen LogP contribution is -2.41. The predicted octanol–water partition coefficient (Wildman–Crippen LogP) is 3.68. The van der Waals surface area contributed by atoms with E-state index in [-0.39, 0.29) is 0 Å². The lowest BCUT2D eigenvalue weighted by atomic mass is 9.81. The van der Waals surface area contributed by atoms with Crippen LogP contribution in [-0.4, -0.2) is 11.8 Å². The fraction of sp³-hybridized carbons (Fsp3) is 0.625. The van der Waals surface area contributed by atoms with Crippen LogP contribution < -0.4 is 11.3 Å². The van der Waals surface area contributed by atoms with Crippen LogP contribution in [0.5, 0.6) is 0 Å². The number of hydrogen-bond acceptors (Lipinski definition) is 3. The number of hydrogen-bond donors (Lipinski definition) is 2. The molecule has 1 saturated carbocycles. The van der Waals surface area contributed by atoms with Gasteiger partial charge in [-0.05, 0) is 24.0 Å². The molecule has 1 aliphatic carbocycles. The Morgan fingerprint density at radius 3 is 2.79 bits per heavy atom. The van der Waals surface area contributed by atoms with Gasteiger partial charge in [-0.25, -0.2) is 0 Å². The van der Waals surface area contributed by atoms with Gasteiger partial charge < -0.3 is 0 Å². The van der Waals surface area contributed by atoms with Crippen molar-refractivity contribution in [2.75, 3.05) is 5.75 Å². The summed E-state index contributed by atoms with van der Waals surface area (Å²) in [5.41, 5.74) is 4.62. The molecule has 3 N–H and O–H groups in total. The van der Waals surface area contributed by atoms with Crippen molar-refractivity contribution >= 4 is 11.8 Å². The van der Waals surface area contributed by atoms with Gasteiger partial charge in [-0.3, -0.25) is 11.3 Å². The molecule has 0 radical (unpaired) electrons. The zero-order valence-corrected chi connectivity index (χ0v) is 12.3. The molecule has 2 aliphatic rings. The van der Waals surface area contributed by atoms with Gasteiger partial charge in [0.15, 0.2) is 0 Å². The molecule has 2 unspecified atom stereocenters. The minimum absolute atomic E-state index is 0.444. The first-order valence-electron chi connectivity index (χ1n) is 7.56. The predicted molar refractivity (Wildman–Crippen MR) is 82.2 cm³/mol. The molecule has 1 heterocycles. The largest absolute Gasteiger partial charge is 0.271 e. The fourth-order valence-corrected chi connectivity index (χ4v) is 4.98. The third-order valence-electron chi connectivity index (χ3n) is 4.75. The van der Waals surface area contributed by atoms with E-state index in [2.05, 4.69) is 29.7 Å². The monoisotopic (exact) mass is 276 g/mol. The van der Waals surface area contributed by atoms with Gasteiger partial charge in [0.05, 0.1) is 0 Å². The number of rotatable bonds is 4. The fourth-order valence-electron chi connectivity index (χ4n) is 3.65. The molecule has 2 nitrogen and oxygen atoms in total. The van der Waals surface area contributed by atoms with E-state index in [1.165, 1.54) is 54.7 Å². The number of thioether (sulfide) groups is 1. The second-order valence-corrected chi connectivity index (χ2v) is 7.03. The molecule has 0 amide bonds. The van der Waals surface area contributed by atoms with E-state index in [0.29, 0.717) is 12.0 Å². The van der Waals surface area contributed by atoms with Gasteiger partial charge in [0.2, 0.25) is 0 Å². The topological polar surface area (TPSA) is 38.0 Å². The van der Waals surface area contributed by atoms with Crippen LogP contribution in [0.15, 0.2) is 29.2 Å². The molecule has 0 aromatic heterocycles. The van der Waals surface area contributed by atoms with Crippen LogP contribution in [0.4, 0.5) is 0 Å². The highest BCUT2D eigenvalue weighted by atomic mass is 32.2. The van der Waals surface area contributed by atoms with Crippen molar-refractivity contribution in [3.05, 3.63) is 29.8 Å². The second-order valence-electron chi connectivity index (χ2n) is 5.97. The molecule has 2 atom stereocenters. The van der Waals surface area contributed by atoms with Crippen LogP contribution >= 0.6 is 11.8 Å². The first-order valence-corrected chi connectivity index (χ1v) is 8.55. The summed E-state index contributed by atoms with van der Waals surface area (Å²) in [6, 6.07) is 9.27. The summed E-state index contributed by atoms with van der Waals surface area (Å²) in [5.74, 6) is 8.52. The van der Waals surface area contributed by atoms with Crippen LogP contribution in [0, 0.1) is 5.92 Å². The van der Waals surface area contributed by atoms with Crippen molar-refractivity contribution < 1.29 is 0 Å². The first kappa shape index (κ1) is 13.5. The maximum Gasteiger partial charge on any atom is 0.0290 e. The Kier molecular flexibility index (Phi) is 4.46. The molecule has 104 valence electrons. The Bertz CT molecular complexity index is 415. The minimum atomic E-state index is 0.444. The summed E-state index contributed by atoms with van der Waals surface area (Å²) in [7, 11) is 0. The molecule has 3 rings (SSSR count). The molecule has 1 aliphatic heterocycles. The van der Waals surface area contributed by atoms with Crippen molar-refractivity contribution in [1.82, 2.24) is 5.43 Å². The first-order chi connectivity index (χ1) is 9.38. The van der Waals surface area contributed by atoms with Crippen LogP contribution in [0.1, 0.15) is 50.0 Å². The third-order valence-corrected chi connectivity index (χ3v) is 5.96. The Hall–Kier alpha value is -0.510. The SMILES string of the molecule is NNC(CC1CCCCC1)C1CSc2ccccc21. The number of nitrogens with two attached hydrogens (primary N) is 1. The summed E-state index contributed by atoms with van der Waals surface area (Å²) < 4.78 is 0. The van der Waals surface area contributed by atoms with E-state index in [1.54, 1.807) is 0 Å². The summed E-state index contributed by atoms with van der Waals surface area (Å²) in [6.45, 7) is 0. The standard InChI is InChI=1S/C16H24N2S/c17-18-15(10-12-6-2-1-3-7-12)14-11-19-16-9-5-4-8-13(14)16/h4-5,8-9,12,14-15,18H,1-3,6-7,10-11,17H2. The minimum Gasteiger partial charge on any atom is -0.271 e. The van der Waals surface area contributed by atoms with Gasteiger partial charge in [-0.2, -0.15) is 0 Å². The van der Waals surface area contributed by atoms with Crippen molar-refractivity contribution in [3.8, 4) is 0 Å². The van der Waals surface area contributed by atoms with Crippen molar-refractivity contribution in [3.63, 3.8) is 0 Å². The highest BCUT2D eigenvalue weighted by Crippen LogP contribution is 2.42. The zero-order chi connectivity index (χ0) is 13.1. The molecule has 0 saturated heterocycles. The Labute approximate surface area is 120 Å². The number of nitrogens with one attached hydrogen (secondary N) is 1. The van der Waals surface area contributed by atoms with Gasteiger partial charge in [0.25, 0.3) is 0 Å². The van der Waals surface area contributed by atoms with Gasteiger partial charge in [-0.1, -0.05) is 50.3 Å². The second kappa shape index (κ2) is 6.29. The van der Waals surface area contributed by atoms with Crippen LogP contribution in [0.3, 0.4) is 0 Å². The number of fused-ring (bicyclic) bond motifs is 1. The maximum atomic E-state index is 5.87. The van der Waals surface area contributed by atoms with Crippen LogP contribution in [-0.2, 0) is 0 Å². The zero-order valence-electron chi connectivity index (χ0n) is 11.5. The van der Waals surface area contributed by atoms with Crippen LogP contribution in [0.2, 0.25) is 0 Å². The Balaban J connectivity index is 1.69. The quantitative estimate of drug-likeness (QED) is 0.651. The molecule has 1 aromatic carbocycles. The molecule has 0 spiro atoms. The Morgan fingerprint density at radius 1 is 1.21 bits per heavy atom. The van der Waals surface area contributed by atoms with E-state index in [4.69, 9.17) is 5.84 Å². The van der Waals surface area contributed by atoms with Crippen molar-refractivity contribution in [2.45, 2.75) is 55.4 Å². The smallest absolute Gasteiger partial charge is 0.0290 e. The molecule has 3 heteroatoms. The summed E-state index contributed by atoms with van der Waals surface area (Å²) in [6.07, 6.45) is 8.31. The Morgan fingerprint density at radius 2 is 2.00 bits per heavy atom. The molecular weight excluding hydrogens is 252 g/mol. The molecule has 19 heavy (non-hydrogen) atoms. The lowest BCUT2D eigenvalue weighted by Gasteiger charge is -2.29. The van der Waals surface area contributed by atoms with Gasteiger partial charge in [-0.15, -0.1) is 11.8 Å². The summed E-state index contributed by atoms with van der Waals surface area (Å²) >= 11 is 1.99. The van der Waals surface area contributed by atoms with Crippen molar-refractivity contribution in [1.29, 1.82) is 0 Å². The normalized spacial score (nSPS) is 25.2. The van der Waals surface area contributed by atoms with E-state index < -0.39 is 0 Å². The highest BCUT2D eigenvalue weighted by Gasteiger charge is 2.31. The van der Waals surface area contributed by atoms with Crippen LogP contribution in [0.25, 0.3) is 0 Å². The molecule has 1 aromatic rings. The number of hydrazine groups is 1. The van der Waals surface area contributed by atoms with E-state index in [0.717, 1.165) is 5.92 Å². The molecule has 1 fully saturated rings. The van der Waals surface area contributed by atoms with Gasteiger partial charge >= 0.3 is 0 Å². The summed E-state index contributed by atoms with van der Waals surface area (Å²) in [4.78, 5) is 1.45. The van der Waals surface area contributed by atoms with E-state index in [9.17, 15) is 0 Å².